The fourth-order valence-corrected chi connectivity index (χ4v) is 1.81. The van der Waals surface area contributed by atoms with Crippen LogP contribution in [0.2, 0.25) is 0 Å². The van der Waals surface area contributed by atoms with E-state index < -0.39 is 18.0 Å². The van der Waals surface area contributed by atoms with E-state index in [1.807, 2.05) is 6.07 Å². The minimum Gasteiger partial charge on any atom is -0.465 e. The minimum absolute atomic E-state index is 0.00167. The van der Waals surface area contributed by atoms with Gasteiger partial charge in [-0.2, -0.15) is 0 Å². The van der Waals surface area contributed by atoms with Gasteiger partial charge in [0, 0.05) is 13.5 Å². The number of carbonyl (C=O) groups is 2. The SMILES string of the molecule is CCOC(=O)C(CO)(CNC(C)=O)c1ccccc1. The summed E-state index contributed by atoms with van der Waals surface area (Å²) in [5, 5.41) is 12.3. The average molecular weight is 265 g/mol. The monoisotopic (exact) mass is 265 g/mol. The molecule has 0 saturated heterocycles. The maximum Gasteiger partial charge on any atom is 0.320 e. The highest BCUT2D eigenvalue weighted by atomic mass is 16.5. The molecular weight excluding hydrogens is 246 g/mol. The Kier molecular flexibility index (Phi) is 5.51. The van der Waals surface area contributed by atoms with Crippen molar-refractivity contribution in [3.63, 3.8) is 0 Å². The molecule has 5 nitrogen and oxygen atoms in total. The molecule has 0 aromatic heterocycles. The van der Waals surface area contributed by atoms with Gasteiger partial charge < -0.3 is 15.2 Å². The summed E-state index contributed by atoms with van der Waals surface area (Å²) in [4.78, 5) is 23.2. The number of carbonyl (C=O) groups excluding carboxylic acids is 2. The molecule has 1 rings (SSSR count). The zero-order chi connectivity index (χ0) is 14.3. The molecule has 19 heavy (non-hydrogen) atoms. The molecule has 1 amide bonds. The normalized spacial score (nSPS) is 13.4. The summed E-state index contributed by atoms with van der Waals surface area (Å²) in [5.74, 6) is -0.810. The average Bonchev–Trinajstić information content (AvgIpc) is 2.41. The summed E-state index contributed by atoms with van der Waals surface area (Å²) in [6.45, 7) is 2.84. The third kappa shape index (κ3) is 3.54. The van der Waals surface area contributed by atoms with Gasteiger partial charge in [-0.3, -0.25) is 9.59 Å². The van der Waals surface area contributed by atoms with Crippen molar-refractivity contribution in [2.45, 2.75) is 19.3 Å². The standard InChI is InChI=1S/C14H19NO4/c1-3-19-13(18)14(10-16,9-15-11(2)17)12-7-5-4-6-8-12/h4-8,16H,3,9-10H2,1-2H3,(H,15,17). The van der Waals surface area contributed by atoms with Crippen molar-refractivity contribution in [3.8, 4) is 0 Å². The maximum atomic E-state index is 12.2. The predicted molar refractivity (Wildman–Crippen MR) is 70.5 cm³/mol. The van der Waals surface area contributed by atoms with Crippen LogP contribution in [-0.2, 0) is 19.7 Å². The quantitative estimate of drug-likeness (QED) is 0.739. The van der Waals surface area contributed by atoms with Crippen LogP contribution in [0.15, 0.2) is 30.3 Å². The summed E-state index contributed by atoms with van der Waals surface area (Å²) in [7, 11) is 0. The van der Waals surface area contributed by atoms with Crippen molar-refractivity contribution < 1.29 is 19.4 Å². The van der Waals surface area contributed by atoms with Crippen LogP contribution in [0.4, 0.5) is 0 Å². The Bertz CT molecular complexity index is 432. The van der Waals surface area contributed by atoms with E-state index in [2.05, 4.69) is 5.32 Å². The molecule has 0 aliphatic heterocycles. The number of hydrogen-bond donors (Lipinski definition) is 2. The van der Waals surface area contributed by atoms with Crippen LogP contribution >= 0.6 is 0 Å². The second-order valence-electron chi connectivity index (χ2n) is 4.24. The van der Waals surface area contributed by atoms with E-state index in [1.165, 1.54) is 6.92 Å². The lowest BCUT2D eigenvalue weighted by Gasteiger charge is -2.30. The Morgan fingerprint density at radius 3 is 2.42 bits per heavy atom. The first-order chi connectivity index (χ1) is 9.06. The van der Waals surface area contributed by atoms with Crippen LogP contribution in [0.5, 0.6) is 0 Å². The smallest absolute Gasteiger partial charge is 0.320 e. The Morgan fingerprint density at radius 1 is 1.32 bits per heavy atom. The molecule has 0 heterocycles. The van der Waals surface area contributed by atoms with Crippen LogP contribution in [0, 0.1) is 0 Å². The van der Waals surface area contributed by atoms with E-state index >= 15 is 0 Å². The van der Waals surface area contributed by atoms with Crippen molar-refractivity contribution in [1.82, 2.24) is 5.32 Å². The highest BCUT2D eigenvalue weighted by Gasteiger charge is 2.41. The van der Waals surface area contributed by atoms with Crippen LogP contribution in [0.3, 0.4) is 0 Å². The molecule has 0 fully saturated rings. The Balaban J connectivity index is 3.13. The largest absolute Gasteiger partial charge is 0.465 e. The molecule has 1 aromatic rings. The maximum absolute atomic E-state index is 12.2. The molecule has 0 bridgehead atoms. The molecule has 1 aromatic carbocycles. The summed E-state index contributed by atoms with van der Waals surface area (Å²) in [5.41, 5.74) is -0.646. The highest BCUT2D eigenvalue weighted by molar-refractivity contribution is 5.85. The highest BCUT2D eigenvalue weighted by Crippen LogP contribution is 2.25. The molecule has 1 atom stereocenters. The third-order valence-corrected chi connectivity index (χ3v) is 2.90. The fourth-order valence-electron chi connectivity index (χ4n) is 1.81. The molecule has 5 heteroatoms. The van der Waals surface area contributed by atoms with Crippen LogP contribution < -0.4 is 5.32 Å². The number of ether oxygens (including phenoxy) is 1. The van der Waals surface area contributed by atoms with Crippen LogP contribution in [-0.4, -0.2) is 36.7 Å². The summed E-state index contributed by atoms with van der Waals surface area (Å²) in [6, 6.07) is 8.82. The van der Waals surface area contributed by atoms with Crippen LogP contribution in [0.1, 0.15) is 19.4 Å². The van der Waals surface area contributed by atoms with Crippen molar-refractivity contribution in [2.24, 2.45) is 0 Å². The number of nitrogens with one attached hydrogen (secondary N) is 1. The number of rotatable bonds is 6. The van der Waals surface area contributed by atoms with Gasteiger partial charge in [-0.1, -0.05) is 30.3 Å². The summed E-state index contributed by atoms with van der Waals surface area (Å²) < 4.78 is 5.03. The molecule has 0 spiro atoms. The molecule has 0 saturated carbocycles. The van der Waals surface area contributed by atoms with Gasteiger partial charge in [0.1, 0.15) is 5.41 Å². The van der Waals surface area contributed by atoms with Gasteiger partial charge in [-0.05, 0) is 12.5 Å². The lowest BCUT2D eigenvalue weighted by atomic mass is 9.81. The first-order valence-corrected chi connectivity index (χ1v) is 6.15. The zero-order valence-electron chi connectivity index (χ0n) is 11.2. The topological polar surface area (TPSA) is 75.6 Å². The number of amides is 1. The van der Waals surface area contributed by atoms with Crippen molar-refractivity contribution in [3.05, 3.63) is 35.9 Å². The predicted octanol–water partition coefficient (Wildman–Crippen LogP) is 0.616. The number of benzene rings is 1. The second kappa shape index (κ2) is 6.89. The van der Waals surface area contributed by atoms with E-state index in [9.17, 15) is 14.7 Å². The molecule has 0 radical (unpaired) electrons. The van der Waals surface area contributed by atoms with Gasteiger partial charge >= 0.3 is 5.97 Å². The van der Waals surface area contributed by atoms with E-state index in [1.54, 1.807) is 31.2 Å². The van der Waals surface area contributed by atoms with E-state index in [0.717, 1.165) is 0 Å². The number of hydrogen-bond acceptors (Lipinski definition) is 4. The van der Waals surface area contributed by atoms with Gasteiger partial charge in [0.2, 0.25) is 5.91 Å². The Morgan fingerprint density at radius 2 is 1.95 bits per heavy atom. The van der Waals surface area contributed by atoms with Crippen molar-refractivity contribution in [1.29, 1.82) is 0 Å². The van der Waals surface area contributed by atoms with E-state index in [0.29, 0.717) is 5.56 Å². The first-order valence-electron chi connectivity index (χ1n) is 6.15. The molecule has 0 aliphatic rings. The Labute approximate surface area is 112 Å². The lowest BCUT2D eigenvalue weighted by molar-refractivity contribution is -0.151. The molecule has 1 unspecified atom stereocenters. The lowest BCUT2D eigenvalue weighted by Crippen LogP contribution is -2.49. The Hall–Kier alpha value is -1.88. The van der Waals surface area contributed by atoms with Gasteiger partial charge in [0.05, 0.1) is 13.2 Å². The number of aliphatic hydroxyl groups is 1. The molecule has 104 valence electrons. The van der Waals surface area contributed by atoms with Crippen molar-refractivity contribution in [2.75, 3.05) is 19.8 Å². The van der Waals surface area contributed by atoms with E-state index in [4.69, 9.17) is 4.74 Å². The van der Waals surface area contributed by atoms with Gasteiger partial charge in [0.15, 0.2) is 0 Å². The first kappa shape index (κ1) is 15.2. The minimum atomic E-state index is -1.26. The molecule has 2 N–H and O–H groups in total. The van der Waals surface area contributed by atoms with Crippen LogP contribution in [0.25, 0.3) is 0 Å². The summed E-state index contributed by atoms with van der Waals surface area (Å²) in [6.07, 6.45) is 0. The van der Waals surface area contributed by atoms with Gasteiger partial charge in [0.25, 0.3) is 0 Å². The number of esters is 1. The molecular formula is C14H19NO4. The van der Waals surface area contributed by atoms with Crippen molar-refractivity contribution >= 4 is 11.9 Å². The fraction of sp³-hybridized carbons (Fsp3) is 0.429. The second-order valence-corrected chi connectivity index (χ2v) is 4.24. The molecule has 0 aliphatic carbocycles. The third-order valence-electron chi connectivity index (χ3n) is 2.90. The number of aliphatic hydroxyl groups excluding tert-OH is 1. The summed E-state index contributed by atoms with van der Waals surface area (Å²) >= 11 is 0. The van der Waals surface area contributed by atoms with Gasteiger partial charge in [-0.15, -0.1) is 0 Å². The zero-order valence-corrected chi connectivity index (χ0v) is 11.2. The van der Waals surface area contributed by atoms with E-state index in [-0.39, 0.29) is 19.1 Å². The van der Waals surface area contributed by atoms with Gasteiger partial charge in [-0.25, -0.2) is 0 Å².